The van der Waals surface area contributed by atoms with Crippen molar-refractivity contribution < 1.29 is 13.6 Å². The second-order valence-electron chi connectivity index (χ2n) is 6.40. The maximum Gasteiger partial charge on any atom is 0.336 e. The number of ether oxygens (including phenoxy) is 1. The van der Waals surface area contributed by atoms with Crippen molar-refractivity contribution in [2.24, 2.45) is 0 Å². The fraction of sp³-hybridized carbons (Fsp3) is 0.0952. The summed E-state index contributed by atoms with van der Waals surface area (Å²) in [6.07, 6.45) is 3.40. The van der Waals surface area contributed by atoms with Crippen molar-refractivity contribution in [1.29, 1.82) is 0 Å². The molecule has 0 fully saturated rings. The highest BCUT2D eigenvalue weighted by molar-refractivity contribution is 5.99. The molecule has 138 valence electrons. The molecule has 28 heavy (non-hydrogen) atoms. The standard InChI is InChI=1S/C21H15N3O4/c25-18-7-6-15-10-16-8-9-26-19(16)21(20(15)28-18)27-13-17-12-24(23-22-17)11-14-4-2-1-3-5-14/h1-10,12H,11,13H2. The van der Waals surface area contributed by atoms with Gasteiger partial charge in [-0.25, -0.2) is 9.48 Å². The Morgan fingerprint density at radius 3 is 2.75 bits per heavy atom. The van der Waals surface area contributed by atoms with E-state index in [2.05, 4.69) is 10.3 Å². The third-order valence-electron chi connectivity index (χ3n) is 4.42. The number of hydrogen-bond acceptors (Lipinski definition) is 6. The van der Waals surface area contributed by atoms with E-state index in [-0.39, 0.29) is 6.61 Å². The summed E-state index contributed by atoms with van der Waals surface area (Å²) in [7, 11) is 0. The second kappa shape index (κ2) is 6.70. The van der Waals surface area contributed by atoms with Crippen LogP contribution in [0, 0.1) is 0 Å². The van der Waals surface area contributed by atoms with Crippen LogP contribution in [0.3, 0.4) is 0 Å². The quantitative estimate of drug-likeness (QED) is 0.436. The van der Waals surface area contributed by atoms with Crippen molar-refractivity contribution in [3.8, 4) is 5.75 Å². The predicted octanol–water partition coefficient (Wildman–Crippen LogP) is 3.76. The van der Waals surface area contributed by atoms with Crippen LogP contribution in [0.2, 0.25) is 0 Å². The zero-order chi connectivity index (χ0) is 18.9. The second-order valence-corrected chi connectivity index (χ2v) is 6.40. The third-order valence-corrected chi connectivity index (χ3v) is 4.42. The first-order valence-electron chi connectivity index (χ1n) is 8.76. The summed E-state index contributed by atoms with van der Waals surface area (Å²) in [5.74, 6) is 0.382. The molecule has 0 spiro atoms. The van der Waals surface area contributed by atoms with E-state index in [0.717, 1.165) is 16.3 Å². The molecule has 0 atom stereocenters. The predicted molar refractivity (Wildman–Crippen MR) is 102 cm³/mol. The summed E-state index contributed by atoms with van der Waals surface area (Å²) in [6, 6.07) is 16.8. The zero-order valence-electron chi connectivity index (χ0n) is 14.7. The molecule has 7 nitrogen and oxygen atoms in total. The van der Waals surface area contributed by atoms with Gasteiger partial charge >= 0.3 is 5.63 Å². The number of benzene rings is 2. The van der Waals surface area contributed by atoms with Crippen LogP contribution in [0.5, 0.6) is 5.75 Å². The molecule has 3 aromatic heterocycles. The van der Waals surface area contributed by atoms with Gasteiger partial charge in [0.2, 0.25) is 5.75 Å². The van der Waals surface area contributed by atoms with Crippen molar-refractivity contribution in [2.45, 2.75) is 13.2 Å². The Labute approximate surface area is 158 Å². The Hall–Kier alpha value is -3.87. The molecule has 0 N–H and O–H groups in total. The van der Waals surface area contributed by atoms with Crippen LogP contribution in [0.4, 0.5) is 0 Å². The average Bonchev–Trinajstić information content (AvgIpc) is 3.35. The molecule has 3 heterocycles. The first kappa shape index (κ1) is 16.3. The Bertz CT molecular complexity index is 1320. The lowest BCUT2D eigenvalue weighted by atomic mass is 10.1. The smallest absolute Gasteiger partial charge is 0.336 e. The number of aromatic nitrogens is 3. The highest BCUT2D eigenvalue weighted by atomic mass is 16.5. The normalized spacial score (nSPS) is 11.3. The summed E-state index contributed by atoms with van der Waals surface area (Å²) in [6.45, 7) is 0.793. The van der Waals surface area contributed by atoms with Gasteiger partial charge in [0.05, 0.1) is 19.0 Å². The average molecular weight is 373 g/mol. The van der Waals surface area contributed by atoms with Crippen LogP contribution >= 0.6 is 0 Å². The van der Waals surface area contributed by atoms with Crippen LogP contribution in [0.1, 0.15) is 11.3 Å². The molecule has 0 aliphatic rings. The summed E-state index contributed by atoms with van der Waals surface area (Å²) < 4.78 is 18.6. The SMILES string of the molecule is O=c1ccc2cc3ccoc3c(OCc3cn(Cc4ccccc4)nn3)c2o1. The largest absolute Gasteiger partial charge is 0.480 e. The van der Waals surface area contributed by atoms with Gasteiger partial charge in [0.25, 0.3) is 0 Å². The molecule has 0 aliphatic carbocycles. The van der Waals surface area contributed by atoms with Gasteiger partial charge in [-0.05, 0) is 23.8 Å². The number of rotatable bonds is 5. The number of furan rings is 1. The summed E-state index contributed by atoms with van der Waals surface area (Å²) in [5.41, 5.74) is 2.22. The van der Waals surface area contributed by atoms with Gasteiger partial charge in [0, 0.05) is 16.8 Å². The van der Waals surface area contributed by atoms with Crippen molar-refractivity contribution >= 4 is 21.9 Å². The molecule has 5 aromatic rings. The molecule has 0 unspecified atom stereocenters. The van der Waals surface area contributed by atoms with Gasteiger partial charge in [-0.2, -0.15) is 0 Å². The zero-order valence-corrected chi connectivity index (χ0v) is 14.7. The van der Waals surface area contributed by atoms with Crippen molar-refractivity contribution in [3.63, 3.8) is 0 Å². The molecule has 5 rings (SSSR count). The molecule has 7 heteroatoms. The van der Waals surface area contributed by atoms with Crippen molar-refractivity contribution in [2.75, 3.05) is 0 Å². The Morgan fingerprint density at radius 1 is 1.00 bits per heavy atom. The minimum Gasteiger partial charge on any atom is -0.480 e. The lowest BCUT2D eigenvalue weighted by Crippen LogP contribution is -2.00. The first-order chi connectivity index (χ1) is 13.8. The van der Waals surface area contributed by atoms with Crippen LogP contribution in [0.25, 0.3) is 21.9 Å². The lowest BCUT2D eigenvalue weighted by Gasteiger charge is -2.07. The summed E-state index contributed by atoms with van der Waals surface area (Å²) in [5, 5.41) is 9.93. The van der Waals surface area contributed by atoms with Crippen LogP contribution in [-0.2, 0) is 13.2 Å². The first-order valence-corrected chi connectivity index (χ1v) is 8.76. The molecule has 2 aromatic carbocycles. The Balaban J connectivity index is 1.43. The van der Waals surface area contributed by atoms with Gasteiger partial charge in [0.1, 0.15) is 12.3 Å². The van der Waals surface area contributed by atoms with E-state index in [0.29, 0.717) is 29.2 Å². The highest BCUT2D eigenvalue weighted by Gasteiger charge is 2.15. The number of nitrogens with zero attached hydrogens (tertiary/aromatic N) is 3. The summed E-state index contributed by atoms with van der Waals surface area (Å²) in [4.78, 5) is 11.7. The summed E-state index contributed by atoms with van der Waals surface area (Å²) >= 11 is 0. The minimum atomic E-state index is -0.447. The Kier molecular flexibility index (Phi) is 3.90. The van der Waals surface area contributed by atoms with Gasteiger partial charge in [-0.3, -0.25) is 0 Å². The number of hydrogen-bond donors (Lipinski definition) is 0. The highest BCUT2D eigenvalue weighted by Crippen LogP contribution is 2.35. The van der Waals surface area contributed by atoms with Gasteiger partial charge in [0.15, 0.2) is 11.2 Å². The fourth-order valence-corrected chi connectivity index (χ4v) is 3.14. The van der Waals surface area contributed by atoms with E-state index in [1.807, 2.05) is 48.7 Å². The molecular formula is C21H15N3O4. The van der Waals surface area contributed by atoms with Crippen LogP contribution in [0.15, 0.2) is 80.7 Å². The topological polar surface area (TPSA) is 83.3 Å². The van der Waals surface area contributed by atoms with Gasteiger partial charge < -0.3 is 13.6 Å². The van der Waals surface area contributed by atoms with E-state index in [4.69, 9.17) is 13.6 Å². The molecular weight excluding hydrogens is 358 g/mol. The van der Waals surface area contributed by atoms with Crippen LogP contribution < -0.4 is 10.4 Å². The van der Waals surface area contributed by atoms with Crippen molar-refractivity contribution in [3.05, 3.63) is 88.7 Å². The van der Waals surface area contributed by atoms with E-state index in [1.165, 1.54) is 6.07 Å². The monoisotopic (exact) mass is 373 g/mol. The molecule has 0 saturated carbocycles. The van der Waals surface area contributed by atoms with E-state index < -0.39 is 5.63 Å². The Morgan fingerprint density at radius 2 is 1.86 bits per heavy atom. The third kappa shape index (κ3) is 3.03. The van der Waals surface area contributed by atoms with E-state index >= 15 is 0 Å². The minimum absolute atomic E-state index is 0.169. The maximum atomic E-state index is 11.7. The molecule has 0 amide bonds. The molecule has 0 aliphatic heterocycles. The van der Waals surface area contributed by atoms with Crippen molar-refractivity contribution in [1.82, 2.24) is 15.0 Å². The van der Waals surface area contributed by atoms with E-state index in [9.17, 15) is 4.79 Å². The molecule has 0 saturated heterocycles. The lowest BCUT2D eigenvalue weighted by molar-refractivity contribution is 0.298. The number of fused-ring (bicyclic) bond motifs is 2. The fourth-order valence-electron chi connectivity index (χ4n) is 3.14. The van der Waals surface area contributed by atoms with E-state index in [1.54, 1.807) is 17.0 Å². The van der Waals surface area contributed by atoms with Gasteiger partial charge in [-0.1, -0.05) is 35.5 Å². The van der Waals surface area contributed by atoms with Gasteiger partial charge in [-0.15, -0.1) is 5.10 Å². The maximum absolute atomic E-state index is 11.7. The van der Waals surface area contributed by atoms with Crippen LogP contribution in [-0.4, -0.2) is 15.0 Å². The molecule has 0 radical (unpaired) electrons. The molecule has 0 bridgehead atoms.